The van der Waals surface area contributed by atoms with E-state index in [0.29, 0.717) is 17.1 Å². The molecular weight excluding hydrogens is 569 g/mol. The number of halogens is 1. The number of likely N-dealkylation sites (N-methyl/N-ethyl adjacent to an activating group) is 1. The van der Waals surface area contributed by atoms with E-state index in [1.807, 2.05) is 25.1 Å². The zero-order valence-corrected chi connectivity index (χ0v) is 25.1. The van der Waals surface area contributed by atoms with Crippen LogP contribution in [0.1, 0.15) is 24.5 Å². The standard InChI is InChI=1S/C33H34FN3O5S/c1-4-31(33(39)35-3)36(22-25-12-14-26(34)15-13-25)32(38)23-37(43(40,41)30-20-10-24(2)11-21-30)27-16-18-29(19-17-27)42-28-8-6-5-7-9-28/h5-21,31H,4,22-23H2,1-3H3,(H,35,39)/t31-/m1/s1. The molecule has 1 atom stereocenters. The zero-order chi connectivity index (χ0) is 31.0. The quantitative estimate of drug-likeness (QED) is 0.225. The van der Waals surface area contributed by atoms with E-state index in [-0.39, 0.29) is 23.5 Å². The first-order valence-corrected chi connectivity index (χ1v) is 15.2. The molecule has 43 heavy (non-hydrogen) atoms. The molecule has 0 bridgehead atoms. The summed E-state index contributed by atoms with van der Waals surface area (Å²) in [4.78, 5) is 28.2. The Morgan fingerprint density at radius 1 is 0.860 bits per heavy atom. The SMILES string of the molecule is CC[C@H](C(=O)NC)N(Cc1ccc(F)cc1)C(=O)CN(c1ccc(Oc2ccccc2)cc1)S(=O)(=O)c1ccc(C)cc1. The Bertz CT molecular complexity index is 1630. The van der Waals surface area contributed by atoms with E-state index in [9.17, 15) is 22.4 Å². The number of rotatable bonds is 12. The summed E-state index contributed by atoms with van der Waals surface area (Å²) in [7, 11) is -2.74. The summed E-state index contributed by atoms with van der Waals surface area (Å²) < 4.78 is 48.5. The minimum atomic E-state index is -4.21. The Balaban J connectivity index is 1.72. The summed E-state index contributed by atoms with van der Waals surface area (Å²) in [5.74, 6) is -0.327. The molecule has 4 rings (SSSR count). The van der Waals surface area contributed by atoms with Gasteiger partial charge in [0.1, 0.15) is 29.9 Å². The molecule has 10 heteroatoms. The van der Waals surface area contributed by atoms with Crippen molar-refractivity contribution >= 4 is 27.5 Å². The van der Waals surface area contributed by atoms with Crippen LogP contribution in [0.5, 0.6) is 11.5 Å². The lowest BCUT2D eigenvalue weighted by atomic mass is 10.1. The monoisotopic (exact) mass is 603 g/mol. The Morgan fingerprint density at radius 2 is 1.47 bits per heavy atom. The van der Waals surface area contributed by atoms with Gasteiger partial charge in [-0.3, -0.25) is 13.9 Å². The number of sulfonamides is 1. The van der Waals surface area contributed by atoms with Gasteiger partial charge in [-0.1, -0.05) is 55.0 Å². The maximum Gasteiger partial charge on any atom is 0.264 e. The molecule has 0 fully saturated rings. The number of carbonyl (C=O) groups excluding carboxylic acids is 2. The van der Waals surface area contributed by atoms with E-state index in [4.69, 9.17) is 4.74 Å². The van der Waals surface area contributed by atoms with Crippen LogP contribution in [0.15, 0.2) is 108 Å². The molecule has 0 aromatic heterocycles. The van der Waals surface area contributed by atoms with Crippen molar-refractivity contribution in [1.82, 2.24) is 10.2 Å². The van der Waals surface area contributed by atoms with Gasteiger partial charge in [-0.15, -0.1) is 0 Å². The minimum Gasteiger partial charge on any atom is -0.457 e. The van der Waals surface area contributed by atoms with Crippen molar-refractivity contribution in [3.05, 3.63) is 120 Å². The Morgan fingerprint density at radius 3 is 2.05 bits per heavy atom. The Labute approximate surface area is 251 Å². The third-order valence-electron chi connectivity index (χ3n) is 6.89. The van der Waals surface area contributed by atoms with Crippen molar-refractivity contribution in [1.29, 1.82) is 0 Å². The minimum absolute atomic E-state index is 0.0129. The van der Waals surface area contributed by atoms with Crippen LogP contribution in [-0.4, -0.2) is 44.8 Å². The van der Waals surface area contributed by atoms with E-state index >= 15 is 0 Å². The van der Waals surface area contributed by atoms with Gasteiger partial charge in [0.2, 0.25) is 11.8 Å². The fourth-order valence-electron chi connectivity index (χ4n) is 4.54. The van der Waals surface area contributed by atoms with Crippen LogP contribution in [0.2, 0.25) is 0 Å². The molecule has 1 N–H and O–H groups in total. The van der Waals surface area contributed by atoms with Crippen molar-refractivity contribution < 1.29 is 27.1 Å². The van der Waals surface area contributed by atoms with E-state index in [1.54, 1.807) is 55.5 Å². The highest BCUT2D eigenvalue weighted by atomic mass is 32.2. The lowest BCUT2D eigenvalue weighted by molar-refractivity contribution is -0.140. The fraction of sp³-hybridized carbons (Fsp3) is 0.212. The van der Waals surface area contributed by atoms with Gasteiger partial charge >= 0.3 is 0 Å². The number of carbonyl (C=O) groups is 2. The number of aryl methyl sites for hydroxylation is 1. The first-order chi connectivity index (χ1) is 20.6. The van der Waals surface area contributed by atoms with E-state index in [1.165, 1.54) is 48.3 Å². The van der Waals surface area contributed by atoms with E-state index < -0.39 is 40.2 Å². The van der Waals surface area contributed by atoms with Crippen LogP contribution in [0.25, 0.3) is 0 Å². The number of hydrogen-bond donors (Lipinski definition) is 1. The average molecular weight is 604 g/mol. The van der Waals surface area contributed by atoms with Crippen LogP contribution in [0.4, 0.5) is 10.1 Å². The Hall–Kier alpha value is -4.70. The fourth-order valence-corrected chi connectivity index (χ4v) is 5.96. The largest absolute Gasteiger partial charge is 0.457 e. The van der Waals surface area contributed by atoms with Gasteiger partial charge in [0.25, 0.3) is 10.0 Å². The highest BCUT2D eigenvalue weighted by Crippen LogP contribution is 2.29. The van der Waals surface area contributed by atoms with Gasteiger partial charge in [-0.2, -0.15) is 0 Å². The summed E-state index contributed by atoms with van der Waals surface area (Å²) in [5.41, 5.74) is 1.71. The third-order valence-corrected chi connectivity index (χ3v) is 8.68. The highest BCUT2D eigenvalue weighted by Gasteiger charge is 2.33. The molecule has 8 nitrogen and oxygen atoms in total. The topological polar surface area (TPSA) is 96.0 Å². The van der Waals surface area contributed by atoms with Crippen molar-refractivity contribution in [2.75, 3.05) is 17.9 Å². The summed E-state index contributed by atoms with van der Waals surface area (Å²) in [6, 6.07) is 26.6. The van der Waals surface area contributed by atoms with Crippen molar-refractivity contribution in [2.45, 2.75) is 37.8 Å². The molecule has 0 heterocycles. The molecule has 0 spiro atoms. The number of nitrogens with one attached hydrogen (secondary N) is 1. The smallest absolute Gasteiger partial charge is 0.264 e. The van der Waals surface area contributed by atoms with Crippen LogP contribution in [0, 0.1) is 12.7 Å². The first-order valence-electron chi connectivity index (χ1n) is 13.8. The van der Waals surface area contributed by atoms with Crippen molar-refractivity contribution in [2.24, 2.45) is 0 Å². The van der Waals surface area contributed by atoms with Crippen molar-refractivity contribution in [3.63, 3.8) is 0 Å². The second kappa shape index (κ2) is 14.0. The number of anilines is 1. The van der Waals surface area contributed by atoms with Crippen LogP contribution >= 0.6 is 0 Å². The lowest BCUT2D eigenvalue weighted by Gasteiger charge is -2.33. The number of ether oxygens (including phenoxy) is 1. The van der Waals surface area contributed by atoms with E-state index in [2.05, 4.69) is 5.32 Å². The molecule has 2 amide bonds. The number of amides is 2. The van der Waals surface area contributed by atoms with Crippen LogP contribution in [-0.2, 0) is 26.2 Å². The van der Waals surface area contributed by atoms with Gasteiger partial charge in [-0.05, 0) is 79.6 Å². The second-order valence-electron chi connectivity index (χ2n) is 9.92. The van der Waals surface area contributed by atoms with Gasteiger partial charge in [-0.25, -0.2) is 12.8 Å². The van der Waals surface area contributed by atoms with Gasteiger partial charge in [0, 0.05) is 13.6 Å². The molecule has 0 aliphatic rings. The molecular formula is C33H34FN3O5S. The summed E-state index contributed by atoms with van der Waals surface area (Å²) >= 11 is 0. The average Bonchev–Trinajstić information content (AvgIpc) is 3.01. The summed E-state index contributed by atoms with van der Waals surface area (Å²) in [6.45, 7) is 3.01. The molecule has 0 radical (unpaired) electrons. The number of para-hydroxylation sites is 1. The number of nitrogens with zero attached hydrogens (tertiary/aromatic N) is 2. The molecule has 0 aliphatic heterocycles. The van der Waals surface area contributed by atoms with Crippen LogP contribution < -0.4 is 14.4 Å². The number of hydrogen-bond acceptors (Lipinski definition) is 5. The second-order valence-corrected chi connectivity index (χ2v) is 11.8. The molecule has 4 aromatic carbocycles. The lowest BCUT2D eigenvalue weighted by Crippen LogP contribution is -2.51. The van der Waals surface area contributed by atoms with Gasteiger partial charge in [0.15, 0.2) is 0 Å². The highest BCUT2D eigenvalue weighted by molar-refractivity contribution is 7.92. The van der Waals surface area contributed by atoms with E-state index in [0.717, 1.165) is 9.87 Å². The predicted octanol–water partition coefficient (Wildman–Crippen LogP) is 5.68. The Kier molecular flexibility index (Phi) is 10.2. The molecule has 0 saturated heterocycles. The third kappa shape index (κ3) is 7.78. The normalized spacial score (nSPS) is 11.8. The summed E-state index contributed by atoms with van der Waals surface area (Å²) in [6.07, 6.45) is 0.281. The maximum absolute atomic E-state index is 14.0. The van der Waals surface area contributed by atoms with Crippen LogP contribution in [0.3, 0.4) is 0 Å². The maximum atomic E-state index is 14.0. The van der Waals surface area contributed by atoms with Gasteiger partial charge < -0.3 is 15.0 Å². The summed E-state index contributed by atoms with van der Waals surface area (Å²) in [5, 5.41) is 2.58. The molecule has 0 saturated carbocycles. The number of benzene rings is 4. The van der Waals surface area contributed by atoms with Gasteiger partial charge in [0.05, 0.1) is 10.6 Å². The molecule has 224 valence electrons. The molecule has 0 unspecified atom stereocenters. The first kappa shape index (κ1) is 31.2. The zero-order valence-electron chi connectivity index (χ0n) is 24.2. The molecule has 4 aromatic rings. The molecule has 0 aliphatic carbocycles. The predicted molar refractivity (Wildman–Crippen MR) is 164 cm³/mol. The van der Waals surface area contributed by atoms with Crippen molar-refractivity contribution in [3.8, 4) is 11.5 Å².